The zero-order valence-corrected chi connectivity index (χ0v) is 19.1. The van der Waals surface area contributed by atoms with Crippen LogP contribution in [-0.2, 0) is 10.0 Å². The lowest BCUT2D eigenvalue weighted by atomic mass is 9.89. The standard InChI is InChI=1S/C22H38N2O2S/c1-13(2)18-11-20(14(3)4)22(21(12-18)15(5)6)27(25,26)24-19-9-16(7)23-17(8)10-19/h11-17,19,23-24H,9-10H2,1-8H3. The topological polar surface area (TPSA) is 58.2 Å². The van der Waals surface area contributed by atoms with Gasteiger partial charge in [0, 0.05) is 18.1 Å². The molecule has 0 saturated carbocycles. The van der Waals surface area contributed by atoms with Gasteiger partial charge in [0.1, 0.15) is 0 Å². The van der Waals surface area contributed by atoms with E-state index in [0.29, 0.717) is 22.9 Å². The van der Waals surface area contributed by atoms with Crippen molar-refractivity contribution in [3.05, 3.63) is 28.8 Å². The first-order valence-electron chi connectivity index (χ1n) is 10.4. The van der Waals surface area contributed by atoms with Crippen molar-refractivity contribution in [1.82, 2.24) is 10.0 Å². The maximum atomic E-state index is 13.5. The van der Waals surface area contributed by atoms with Gasteiger partial charge in [0.25, 0.3) is 0 Å². The molecule has 1 aromatic rings. The van der Waals surface area contributed by atoms with Crippen molar-refractivity contribution in [2.24, 2.45) is 0 Å². The normalized spacial score (nSPS) is 24.2. The minimum atomic E-state index is -3.58. The first-order chi connectivity index (χ1) is 12.4. The summed E-state index contributed by atoms with van der Waals surface area (Å²) in [6, 6.07) is 4.82. The van der Waals surface area contributed by atoms with Crippen molar-refractivity contribution in [2.45, 2.75) is 109 Å². The molecule has 2 atom stereocenters. The molecule has 1 saturated heterocycles. The van der Waals surface area contributed by atoms with Crippen LogP contribution >= 0.6 is 0 Å². The average molecular weight is 395 g/mol. The molecule has 1 aliphatic heterocycles. The van der Waals surface area contributed by atoms with E-state index in [9.17, 15) is 8.42 Å². The van der Waals surface area contributed by atoms with Crippen LogP contribution in [-0.4, -0.2) is 26.5 Å². The summed E-state index contributed by atoms with van der Waals surface area (Å²) in [5, 5.41) is 3.48. The highest BCUT2D eigenvalue weighted by Crippen LogP contribution is 2.35. The Morgan fingerprint density at radius 1 is 0.889 bits per heavy atom. The maximum Gasteiger partial charge on any atom is 0.241 e. The number of hydrogen-bond donors (Lipinski definition) is 2. The molecule has 2 rings (SSSR count). The minimum Gasteiger partial charge on any atom is -0.312 e. The third-order valence-electron chi connectivity index (χ3n) is 5.52. The van der Waals surface area contributed by atoms with Crippen molar-refractivity contribution in [1.29, 1.82) is 0 Å². The van der Waals surface area contributed by atoms with Crippen LogP contribution in [0.1, 0.15) is 103 Å². The Morgan fingerprint density at radius 2 is 1.33 bits per heavy atom. The summed E-state index contributed by atoms with van der Waals surface area (Å²) in [5.74, 6) is 0.674. The van der Waals surface area contributed by atoms with Gasteiger partial charge >= 0.3 is 0 Å². The largest absolute Gasteiger partial charge is 0.312 e. The first-order valence-corrected chi connectivity index (χ1v) is 11.9. The lowest BCUT2D eigenvalue weighted by Gasteiger charge is -2.34. The molecule has 1 aliphatic rings. The second-order valence-electron chi connectivity index (χ2n) is 9.25. The molecule has 2 unspecified atom stereocenters. The van der Waals surface area contributed by atoms with Crippen LogP contribution in [0.4, 0.5) is 0 Å². The second-order valence-corrected chi connectivity index (χ2v) is 10.9. The minimum absolute atomic E-state index is 0.0222. The Bertz CT molecular complexity index is 715. The molecule has 1 aromatic carbocycles. The van der Waals surface area contributed by atoms with Crippen molar-refractivity contribution >= 4 is 10.0 Å². The molecule has 1 heterocycles. The maximum absolute atomic E-state index is 13.5. The zero-order valence-electron chi connectivity index (χ0n) is 18.3. The predicted molar refractivity (Wildman–Crippen MR) is 114 cm³/mol. The lowest BCUT2D eigenvalue weighted by Crippen LogP contribution is -2.50. The molecule has 27 heavy (non-hydrogen) atoms. The van der Waals surface area contributed by atoms with Crippen LogP contribution in [0.15, 0.2) is 17.0 Å². The number of benzene rings is 1. The SMILES string of the molecule is CC1CC(NS(=O)(=O)c2c(C(C)C)cc(C(C)C)cc2C(C)C)CC(C)N1. The van der Waals surface area contributed by atoms with E-state index in [4.69, 9.17) is 0 Å². The van der Waals surface area contributed by atoms with E-state index in [2.05, 4.69) is 77.6 Å². The van der Waals surface area contributed by atoms with Gasteiger partial charge in [-0.15, -0.1) is 0 Å². The number of hydrogen-bond acceptors (Lipinski definition) is 3. The van der Waals surface area contributed by atoms with E-state index in [1.165, 1.54) is 5.56 Å². The van der Waals surface area contributed by atoms with Crippen molar-refractivity contribution in [2.75, 3.05) is 0 Å². The van der Waals surface area contributed by atoms with Crippen LogP contribution in [0, 0.1) is 0 Å². The molecule has 0 amide bonds. The van der Waals surface area contributed by atoms with Gasteiger partial charge in [0.15, 0.2) is 0 Å². The van der Waals surface area contributed by atoms with E-state index in [1.54, 1.807) is 0 Å². The van der Waals surface area contributed by atoms with Crippen LogP contribution in [0.25, 0.3) is 0 Å². The fraction of sp³-hybridized carbons (Fsp3) is 0.727. The quantitative estimate of drug-likeness (QED) is 0.724. The molecule has 0 aliphatic carbocycles. The van der Waals surface area contributed by atoms with E-state index in [1.807, 2.05) is 0 Å². The van der Waals surface area contributed by atoms with Gasteiger partial charge < -0.3 is 5.32 Å². The third-order valence-corrected chi connectivity index (χ3v) is 7.17. The lowest BCUT2D eigenvalue weighted by molar-refractivity contribution is 0.303. The Kier molecular flexibility index (Phi) is 7.15. The van der Waals surface area contributed by atoms with Gasteiger partial charge in [-0.2, -0.15) is 0 Å². The Balaban J connectivity index is 2.53. The number of nitrogens with one attached hydrogen (secondary N) is 2. The van der Waals surface area contributed by atoms with Crippen LogP contribution in [0.2, 0.25) is 0 Å². The molecular weight excluding hydrogens is 356 g/mol. The molecular formula is C22H38N2O2S. The number of piperidine rings is 1. The molecule has 0 spiro atoms. The highest BCUT2D eigenvalue weighted by Gasteiger charge is 2.31. The van der Waals surface area contributed by atoms with E-state index in [0.717, 1.165) is 24.0 Å². The second kappa shape index (κ2) is 8.62. The van der Waals surface area contributed by atoms with E-state index in [-0.39, 0.29) is 17.9 Å². The van der Waals surface area contributed by atoms with Crippen LogP contribution in [0.3, 0.4) is 0 Å². The van der Waals surface area contributed by atoms with Gasteiger partial charge in [0.2, 0.25) is 10.0 Å². The summed E-state index contributed by atoms with van der Waals surface area (Å²) in [6.45, 7) is 16.9. The molecule has 4 nitrogen and oxygen atoms in total. The fourth-order valence-corrected chi connectivity index (χ4v) is 6.11. The third kappa shape index (κ3) is 5.33. The Labute approximate surface area is 166 Å². The molecule has 2 N–H and O–H groups in total. The van der Waals surface area contributed by atoms with Crippen LogP contribution in [0.5, 0.6) is 0 Å². The summed E-state index contributed by atoms with van der Waals surface area (Å²) in [4.78, 5) is 0.510. The smallest absolute Gasteiger partial charge is 0.241 e. The molecule has 0 radical (unpaired) electrons. The summed E-state index contributed by atoms with van der Waals surface area (Å²) in [5.41, 5.74) is 3.09. The van der Waals surface area contributed by atoms with Crippen molar-refractivity contribution in [3.63, 3.8) is 0 Å². The van der Waals surface area contributed by atoms with E-state index < -0.39 is 10.0 Å². The highest BCUT2D eigenvalue weighted by molar-refractivity contribution is 7.89. The summed E-state index contributed by atoms with van der Waals surface area (Å²) < 4.78 is 30.1. The molecule has 1 fully saturated rings. The highest BCUT2D eigenvalue weighted by atomic mass is 32.2. The molecule has 5 heteroatoms. The fourth-order valence-electron chi connectivity index (χ4n) is 4.15. The summed E-state index contributed by atoms with van der Waals surface area (Å²) >= 11 is 0. The predicted octanol–water partition coefficient (Wildman–Crippen LogP) is 4.86. The van der Waals surface area contributed by atoms with Gasteiger partial charge in [0.05, 0.1) is 4.90 Å². The van der Waals surface area contributed by atoms with E-state index >= 15 is 0 Å². The molecule has 154 valence electrons. The number of rotatable bonds is 6. The Hall–Kier alpha value is -0.910. The molecule has 0 aromatic heterocycles. The van der Waals surface area contributed by atoms with Gasteiger partial charge in [-0.3, -0.25) is 0 Å². The van der Waals surface area contributed by atoms with Crippen molar-refractivity contribution < 1.29 is 8.42 Å². The summed E-state index contributed by atoms with van der Waals surface area (Å²) in [7, 11) is -3.58. The Morgan fingerprint density at radius 3 is 1.70 bits per heavy atom. The monoisotopic (exact) mass is 394 g/mol. The van der Waals surface area contributed by atoms with Gasteiger partial charge in [-0.25, -0.2) is 13.1 Å². The summed E-state index contributed by atoms with van der Waals surface area (Å²) in [6.07, 6.45) is 1.64. The van der Waals surface area contributed by atoms with Gasteiger partial charge in [-0.1, -0.05) is 53.7 Å². The number of sulfonamides is 1. The average Bonchev–Trinajstić information content (AvgIpc) is 2.51. The molecule has 0 bridgehead atoms. The van der Waals surface area contributed by atoms with Crippen LogP contribution < -0.4 is 10.0 Å². The van der Waals surface area contributed by atoms with Gasteiger partial charge in [-0.05, 0) is 61.1 Å². The van der Waals surface area contributed by atoms with Crippen molar-refractivity contribution in [3.8, 4) is 0 Å². The first kappa shape index (κ1) is 22.4. The zero-order chi connectivity index (χ0) is 20.5.